The van der Waals surface area contributed by atoms with Crippen LogP contribution in [0.5, 0.6) is 0 Å². The minimum atomic E-state index is -3.63. The smallest absolute Gasteiger partial charge is 0.241 e. The minimum absolute atomic E-state index is 0.146. The maximum absolute atomic E-state index is 13.2. The zero-order chi connectivity index (χ0) is 15.2. The Morgan fingerprint density at radius 1 is 1.20 bits per heavy atom. The Morgan fingerprint density at radius 3 is 2.35 bits per heavy atom. The van der Waals surface area contributed by atoms with Crippen LogP contribution in [0.1, 0.15) is 30.9 Å². The van der Waals surface area contributed by atoms with Crippen molar-refractivity contribution in [2.24, 2.45) is 0 Å². The first kappa shape index (κ1) is 17.1. The standard InChI is InChI=1S/C14H22FNO3S/c1-4-5-7-19-8-6-16-20(17,18)14-11(2)9-13(15)10-12(14)3/h9-10,16H,4-8H2,1-3H3. The molecule has 0 amide bonds. The highest BCUT2D eigenvalue weighted by molar-refractivity contribution is 7.89. The SMILES string of the molecule is CCCCOCCNS(=O)(=O)c1c(C)cc(F)cc1C. The van der Waals surface area contributed by atoms with E-state index in [0.717, 1.165) is 12.8 Å². The number of hydrogen-bond donors (Lipinski definition) is 1. The Balaban J connectivity index is 2.66. The van der Waals surface area contributed by atoms with Crippen molar-refractivity contribution in [3.05, 3.63) is 29.1 Å². The van der Waals surface area contributed by atoms with Crippen LogP contribution < -0.4 is 4.72 Å². The van der Waals surface area contributed by atoms with Crippen molar-refractivity contribution in [1.29, 1.82) is 0 Å². The van der Waals surface area contributed by atoms with Crippen molar-refractivity contribution in [1.82, 2.24) is 4.72 Å². The van der Waals surface area contributed by atoms with E-state index in [1.165, 1.54) is 12.1 Å². The van der Waals surface area contributed by atoms with E-state index >= 15 is 0 Å². The topological polar surface area (TPSA) is 55.4 Å². The van der Waals surface area contributed by atoms with Gasteiger partial charge in [-0.2, -0.15) is 0 Å². The van der Waals surface area contributed by atoms with Crippen molar-refractivity contribution >= 4 is 10.0 Å². The van der Waals surface area contributed by atoms with Gasteiger partial charge in [0.2, 0.25) is 10.0 Å². The molecule has 0 atom stereocenters. The third kappa shape index (κ3) is 4.85. The molecule has 1 aromatic rings. The Labute approximate surface area is 120 Å². The molecule has 0 radical (unpaired) electrons. The van der Waals surface area contributed by atoms with Gasteiger partial charge < -0.3 is 4.74 Å². The first-order valence-corrected chi connectivity index (χ1v) is 8.21. The molecule has 0 saturated carbocycles. The molecule has 1 N–H and O–H groups in total. The molecule has 0 fully saturated rings. The second-order valence-corrected chi connectivity index (χ2v) is 6.44. The zero-order valence-corrected chi connectivity index (χ0v) is 13.0. The first-order chi connectivity index (χ1) is 9.38. The molecule has 0 aliphatic rings. The summed E-state index contributed by atoms with van der Waals surface area (Å²) < 4.78 is 45.3. The van der Waals surface area contributed by atoms with Crippen LogP contribution in [0.4, 0.5) is 4.39 Å². The van der Waals surface area contributed by atoms with E-state index in [9.17, 15) is 12.8 Å². The van der Waals surface area contributed by atoms with Gasteiger partial charge in [-0.1, -0.05) is 13.3 Å². The summed E-state index contributed by atoms with van der Waals surface area (Å²) in [5.41, 5.74) is 0.809. The Morgan fingerprint density at radius 2 is 1.80 bits per heavy atom. The lowest BCUT2D eigenvalue weighted by Crippen LogP contribution is -2.28. The highest BCUT2D eigenvalue weighted by Gasteiger charge is 2.19. The maximum Gasteiger partial charge on any atom is 0.241 e. The molecule has 0 bridgehead atoms. The summed E-state index contributed by atoms with van der Waals surface area (Å²) in [5, 5.41) is 0. The molecule has 6 heteroatoms. The fourth-order valence-corrected chi connectivity index (χ4v) is 3.45. The molecule has 0 heterocycles. The van der Waals surface area contributed by atoms with Crippen molar-refractivity contribution < 1.29 is 17.5 Å². The Hall–Kier alpha value is -0.980. The number of benzene rings is 1. The van der Waals surface area contributed by atoms with E-state index in [4.69, 9.17) is 4.74 Å². The summed E-state index contributed by atoms with van der Waals surface area (Å²) in [6.07, 6.45) is 2.00. The van der Waals surface area contributed by atoms with Gasteiger partial charge in [0.15, 0.2) is 0 Å². The summed E-state index contributed by atoms with van der Waals surface area (Å²) in [5.74, 6) is -0.429. The normalized spacial score (nSPS) is 11.8. The van der Waals surface area contributed by atoms with Gasteiger partial charge in [-0.3, -0.25) is 0 Å². The van der Waals surface area contributed by atoms with Crippen LogP contribution in [-0.4, -0.2) is 28.2 Å². The highest BCUT2D eigenvalue weighted by atomic mass is 32.2. The largest absolute Gasteiger partial charge is 0.380 e. The summed E-state index contributed by atoms with van der Waals surface area (Å²) in [6.45, 7) is 6.41. The van der Waals surface area contributed by atoms with Crippen molar-refractivity contribution in [3.8, 4) is 0 Å². The van der Waals surface area contributed by atoms with E-state index in [1.807, 2.05) is 0 Å². The quantitative estimate of drug-likeness (QED) is 0.751. The van der Waals surface area contributed by atoms with Crippen LogP contribution in [0.2, 0.25) is 0 Å². The molecule has 1 rings (SSSR count). The van der Waals surface area contributed by atoms with Crippen molar-refractivity contribution in [3.63, 3.8) is 0 Å². The molecule has 114 valence electrons. The van der Waals surface area contributed by atoms with E-state index in [0.29, 0.717) is 24.3 Å². The predicted octanol–water partition coefficient (Wildman–Crippen LogP) is 2.54. The van der Waals surface area contributed by atoms with Crippen LogP contribution in [0, 0.1) is 19.7 Å². The molecule has 20 heavy (non-hydrogen) atoms. The van der Waals surface area contributed by atoms with E-state index in [-0.39, 0.29) is 11.4 Å². The predicted molar refractivity (Wildman–Crippen MR) is 76.8 cm³/mol. The van der Waals surface area contributed by atoms with Crippen LogP contribution in [0.15, 0.2) is 17.0 Å². The zero-order valence-electron chi connectivity index (χ0n) is 12.2. The fraction of sp³-hybridized carbons (Fsp3) is 0.571. The van der Waals surface area contributed by atoms with Crippen molar-refractivity contribution in [2.45, 2.75) is 38.5 Å². The molecular weight excluding hydrogens is 281 g/mol. The molecule has 4 nitrogen and oxygen atoms in total. The molecule has 0 spiro atoms. The summed E-state index contributed by atoms with van der Waals surface area (Å²) >= 11 is 0. The number of ether oxygens (including phenoxy) is 1. The summed E-state index contributed by atoms with van der Waals surface area (Å²) in [4.78, 5) is 0.146. The number of hydrogen-bond acceptors (Lipinski definition) is 3. The Kier molecular flexibility index (Phi) is 6.58. The van der Waals surface area contributed by atoms with Gasteiger partial charge in [-0.15, -0.1) is 0 Å². The lowest BCUT2D eigenvalue weighted by molar-refractivity contribution is 0.136. The van der Waals surface area contributed by atoms with Gasteiger partial charge >= 0.3 is 0 Å². The van der Waals surface area contributed by atoms with Crippen LogP contribution in [0.25, 0.3) is 0 Å². The molecule has 0 aromatic heterocycles. The van der Waals surface area contributed by atoms with Gasteiger partial charge in [-0.05, 0) is 43.5 Å². The van der Waals surface area contributed by atoms with Gasteiger partial charge in [0.1, 0.15) is 5.82 Å². The third-order valence-electron chi connectivity index (χ3n) is 2.87. The maximum atomic E-state index is 13.2. The molecule has 0 saturated heterocycles. The monoisotopic (exact) mass is 303 g/mol. The average Bonchev–Trinajstić information content (AvgIpc) is 2.31. The highest BCUT2D eigenvalue weighted by Crippen LogP contribution is 2.20. The molecule has 0 unspecified atom stereocenters. The third-order valence-corrected chi connectivity index (χ3v) is 4.64. The number of sulfonamides is 1. The summed E-state index contributed by atoms with van der Waals surface area (Å²) in [7, 11) is -3.63. The molecule has 0 aliphatic heterocycles. The van der Waals surface area contributed by atoms with Crippen LogP contribution in [0.3, 0.4) is 0 Å². The molecular formula is C14H22FNO3S. The van der Waals surface area contributed by atoms with Crippen molar-refractivity contribution in [2.75, 3.05) is 19.8 Å². The van der Waals surface area contributed by atoms with Crippen LogP contribution >= 0.6 is 0 Å². The lowest BCUT2D eigenvalue weighted by Gasteiger charge is -2.12. The summed E-state index contributed by atoms with van der Waals surface area (Å²) in [6, 6.07) is 2.44. The number of nitrogens with one attached hydrogen (secondary N) is 1. The van der Waals surface area contributed by atoms with E-state index in [1.54, 1.807) is 13.8 Å². The number of halogens is 1. The van der Waals surface area contributed by atoms with Gasteiger partial charge in [-0.25, -0.2) is 17.5 Å². The Bertz CT molecular complexity index is 520. The number of rotatable bonds is 8. The molecule has 1 aromatic carbocycles. The second-order valence-electron chi connectivity index (χ2n) is 4.73. The van der Waals surface area contributed by atoms with E-state index < -0.39 is 15.8 Å². The lowest BCUT2D eigenvalue weighted by atomic mass is 10.1. The minimum Gasteiger partial charge on any atom is -0.380 e. The number of unbranched alkanes of at least 4 members (excludes halogenated alkanes) is 1. The first-order valence-electron chi connectivity index (χ1n) is 6.72. The number of aryl methyl sites for hydroxylation is 2. The van der Waals surface area contributed by atoms with Gasteiger partial charge in [0.25, 0.3) is 0 Å². The molecule has 0 aliphatic carbocycles. The van der Waals surface area contributed by atoms with Gasteiger partial charge in [0.05, 0.1) is 11.5 Å². The fourth-order valence-electron chi connectivity index (χ4n) is 1.99. The van der Waals surface area contributed by atoms with Crippen LogP contribution in [-0.2, 0) is 14.8 Å². The van der Waals surface area contributed by atoms with E-state index in [2.05, 4.69) is 11.6 Å². The second kappa shape index (κ2) is 7.71. The van der Waals surface area contributed by atoms with Gasteiger partial charge in [0, 0.05) is 13.2 Å². The average molecular weight is 303 g/mol.